The van der Waals surface area contributed by atoms with Crippen LogP contribution in [-0.2, 0) is 17.4 Å². The maximum Gasteiger partial charge on any atom is 0.471 e. The minimum atomic E-state index is -4.69. The van der Waals surface area contributed by atoms with Crippen LogP contribution >= 0.6 is 0 Å². The molecule has 0 spiro atoms. The van der Waals surface area contributed by atoms with E-state index in [4.69, 9.17) is 10.2 Å². The molecule has 2 aromatic rings. The lowest BCUT2D eigenvalue weighted by atomic mass is 10.1. The third kappa shape index (κ3) is 4.77. The van der Waals surface area contributed by atoms with Gasteiger partial charge in [0.1, 0.15) is 6.04 Å². The smallest absolute Gasteiger partial charge is 0.471 e. The van der Waals surface area contributed by atoms with E-state index in [2.05, 4.69) is 14.7 Å². The van der Waals surface area contributed by atoms with Crippen LogP contribution in [0.25, 0.3) is 11.4 Å². The molecule has 0 amide bonds. The summed E-state index contributed by atoms with van der Waals surface area (Å²) in [6, 6.07) is 5.49. The highest BCUT2D eigenvalue weighted by molar-refractivity contribution is 5.73. The Balaban J connectivity index is 2.00. The Hall–Kier alpha value is -2.46. The molecule has 0 saturated carbocycles. The second-order valence-electron chi connectivity index (χ2n) is 5.39. The quantitative estimate of drug-likeness (QED) is 0.776. The summed E-state index contributed by atoms with van der Waals surface area (Å²) < 4.78 is 41.5. The minimum Gasteiger partial charge on any atom is -0.480 e. The maximum atomic E-state index is 12.4. The van der Waals surface area contributed by atoms with E-state index in [0.717, 1.165) is 5.56 Å². The molecule has 0 aliphatic carbocycles. The highest BCUT2D eigenvalue weighted by Gasteiger charge is 2.38. The molecule has 0 unspecified atom stereocenters. The highest BCUT2D eigenvalue weighted by atomic mass is 19.4. The third-order valence-electron chi connectivity index (χ3n) is 3.62. The van der Waals surface area contributed by atoms with Crippen molar-refractivity contribution in [2.24, 2.45) is 0 Å². The van der Waals surface area contributed by atoms with Gasteiger partial charge in [0.05, 0.1) is 6.61 Å². The topological polar surface area (TPSA) is 99.7 Å². The van der Waals surface area contributed by atoms with Crippen LogP contribution in [0, 0.1) is 0 Å². The van der Waals surface area contributed by atoms with E-state index in [-0.39, 0.29) is 5.82 Å². The Labute approximate surface area is 140 Å². The first-order valence-electron chi connectivity index (χ1n) is 7.26. The fourth-order valence-corrected chi connectivity index (χ4v) is 2.14. The van der Waals surface area contributed by atoms with Crippen molar-refractivity contribution in [1.82, 2.24) is 15.0 Å². The van der Waals surface area contributed by atoms with Crippen LogP contribution in [0.3, 0.4) is 0 Å². The van der Waals surface area contributed by atoms with E-state index in [1.807, 2.05) is 0 Å². The number of aliphatic hydroxyl groups excluding tert-OH is 1. The zero-order valence-electron chi connectivity index (χ0n) is 13.2. The van der Waals surface area contributed by atoms with Crippen molar-refractivity contribution in [3.63, 3.8) is 0 Å². The van der Waals surface area contributed by atoms with Crippen LogP contribution in [0.5, 0.6) is 0 Å². The fraction of sp³-hybridized carbons (Fsp3) is 0.400. The van der Waals surface area contributed by atoms with Gasteiger partial charge in [0.15, 0.2) is 0 Å². The molecule has 1 atom stereocenters. The number of aliphatic hydroxyl groups is 1. The van der Waals surface area contributed by atoms with Crippen LogP contribution < -0.4 is 0 Å². The van der Waals surface area contributed by atoms with Gasteiger partial charge >= 0.3 is 18.0 Å². The summed E-state index contributed by atoms with van der Waals surface area (Å²) >= 11 is 0. The van der Waals surface area contributed by atoms with Gasteiger partial charge < -0.3 is 14.7 Å². The molecule has 1 aromatic heterocycles. The summed E-state index contributed by atoms with van der Waals surface area (Å²) in [6.07, 6.45) is -4.19. The summed E-state index contributed by atoms with van der Waals surface area (Å²) in [4.78, 5) is 15.8. The van der Waals surface area contributed by atoms with Crippen molar-refractivity contribution in [3.05, 3.63) is 35.7 Å². The number of nitrogens with zero attached hydrogens (tertiary/aromatic N) is 3. The molecule has 25 heavy (non-hydrogen) atoms. The lowest BCUT2D eigenvalue weighted by molar-refractivity contribution is -0.159. The van der Waals surface area contributed by atoms with Gasteiger partial charge in [0.2, 0.25) is 5.82 Å². The molecule has 2 rings (SSSR count). The van der Waals surface area contributed by atoms with Crippen LogP contribution in [0.4, 0.5) is 13.2 Å². The number of hydrogen-bond acceptors (Lipinski definition) is 6. The van der Waals surface area contributed by atoms with Gasteiger partial charge in [-0.25, -0.2) is 0 Å². The molecule has 0 fully saturated rings. The summed E-state index contributed by atoms with van der Waals surface area (Å²) in [5.41, 5.74) is 1.22. The molecule has 1 aromatic carbocycles. The Morgan fingerprint density at radius 1 is 1.32 bits per heavy atom. The zero-order valence-corrected chi connectivity index (χ0v) is 13.2. The second-order valence-corrected chi connectivity index (χ2v) is 5.39. The van der Waals surface area contributed by atoms with Crippen molar-refractivity contribution in [3.8, 4) is 11.4 Å². The van der Waals surface area contributed by atoms with Crippen molar-refractivity contribution in [2.75, 3.05) is 20.2 Å². The number of carboxylic acid groups (broad SMARTS) is 1. The van der Waals surface area contributed by atoms with E-state index in [1.54, 1.807) is 31.3 Å². The number of aliphatic carboxylic acids is 1. The van der Waals surface area contributed by atoms with Crippen LogP contribution in [0.2, 0.25) is 0 Å². The zero-order chi connectivity index (χ0) is 18.6. The number of carboxylic acids is 1. The lowest BCUT2D eigenvalue weighted by Gasteiger charge is -2.22. The summed E-state index contributed by atoms with van der Waals surface area (Å²) in [5.74, 6) is -2.68. The van der Waals surface area contributed by atoms with Crippen LogP contribution in [-0.4, -0.2) is 57.5 Å². The standard InChI is InChI=1S/C15H16F3N3O4/c1-21(11(8-22)13(23)24)7-6-9-2-4-10(5-3-9)12-19-14(25-20-12)15(16,17)18/h2-5,11,22H,6-8H2,1H3,(H,23,24)/t11-/m0/s1. The van der Waals surface area contributed by atoms with Gasteiger partial charge in [0, 0.05) is 12.1 Å². The summed E-state index contributed by atoms with van der Waals surface area (Å²) in [6.45, 7) is -0.110. The fourth-order valence-electron chi connectivity index (χ4n) is 2.14. The molecular formula is C15H16F3N3O4. The normalized spacial score (nSPS) is 13.2. The van der Waals surface area contributed by atoms with Gasteiger partial charge in [-0.15, -0.1) is 0 Å². The second kappa shape index (κ2) is 7.62. The average Bonchev–Trinajstić information content (AvgIpc) is 3.04. The SMILES string of the molecule is CN(CCc1ccc(-c2noc(C(F)(F)F)n2)cc1)[C@@H](CO)C(=O)O. The monoisotopic (exact) mass is 359 g/mol. The van der Waals surface area contributed by atoms with E-state index in [1.165, 1.54) is 4.90 Å². The number of hydrogen-bond donors (Lipinski definition) is 2. The first kappa shape index (κ1) is 18.9. The predicted octanol–water partition coefficient (Wildman–Crippen LogP) is 1.68. The van der Waals surface area contributed by atoms with Gasteiger partial charge in [-0.05, 0) is 19.0 Å². The van der Waals surface area contributed by atoms with E-state index in [0.29, 0.717) is 18.5 Å². The molecule has 10 heteroatoms. The molecule has 0 aliphatic heterocycles. The Kier molecular flexibility index (Phi) is 5.75. The molecule has 0 bridgehead atoms. The van der Waals surface area contributed by atoms with Crippen molar-refractivity contribution >= 4 is 5.97 Å². The van der Waals surface area contributed by atoms with Crippen molar-refractivity contribution < 1.29 is 32.7 Å². The van der Waals surface area contributed by atoms with E-state index < -0.39 is 30.7 Å². The predicted molar refractivity (Wildman–Crippen MR) is 79.6 cm³/mol. The molecule has 0 aliphatic rings. The van der Waals surface area contributed by atoms with Gasteiger partial charge in [0.25, 0.3) is 0 Å². The van der Waals surface area contributed by atoms with Crippen LogP contribution in [0.15, 0.2) is 28.8 Å². The molecule has 0 radical (unpaired) electrons. The van der Waals surface area contributed by atoms with Crippen molar-refractivity contribution in [1.29, 1.82) is 0 Å². The third-order valence-corrected chi connectivity index (χ3v) is 3.62. The average molecular weight is 359 g/mol. The number of benzene rings is 1. The van der Waals surface area contributed by atoms with Gasteiger partial charge in [-0.2, -0.15) is 18.2 Å². The number of halogens is 3. The van der Waals surface area contributed by atoms with Crippen molar-refractivity contribution in [2.45, 2.75) is 18.6 Å². The number of carbonyl (C=O) groups is 1. The molecule has 7 nitrogen and oxygen atoms in total. The Bertz CT molecular complexity index is 716. The number of alkyl halides is 3. The lowest BCUT2D eigenvalue weighted by Crippen LogP contribution is -2.42. The van der Waals surface area contributed by atoms with E-state index in [9.17, 15) is 18.0 Å². The van der Waals surface area contributed by atoms with Gasteiger partial charge in [-0.3, -0.25) is 9.69 Å². The Morgan fingerprint density at radius 3 is 2.44 bits per heavy atom. The summed E-state index contributed by atoms with van der Waals surface area (Å²) in [5, 5.41) is 21.3. The highest BCUT2D eigenvalue weighted by Crippen LogP contribution is 2.29. The first-order valence-corrected chi connectivity index (χ1v) is 7.26. The molecule has 136 valence electrons. The number of rotatable bonds is 7. The van der Waals surface area contributed by atoms with Crippen LogP contribution in [0.1, 0.15) is 11.5 Å². The molecule has 1 heterocycles. The molecular weight excluding hydrogens is 343 g/mol. The molecule has 0 saturated heterocycles. The van der Waals surface area contributed by atoms with E-state index >= 15 is 0 Å². The number of likely N-dealkylation sites (N-methyl/N-ethyl adjacent to an activating group) is 1. The minimum absolute atomic E-state index is 0.165. The maximum absolute atomic E-state index is 12.4. The Morgan fingerprint density at radius 2 is 1.96 bits per heavy atom. The summed E-state index contributed by atoms with van der Waals surface area (Å²) in [7, 11) is 1.58. The molecule has 2 N–H and O–H groups in total. The first-order chi connectivity index (χ1) is 11.7. The number of aromatic nitrogens is 2. The van der Waals surface area contributed by atoms with Gasteiger partial charge in [-0.1, -0.05) is 29.4 Å². The largest absolute Gasteiger partial charge is 0.480 e.